The van der Waals surface area contributed by atoms with Gasteiger partial charge in [0, 0.05) is 0 Å². The Hall–Kier alpha value is -1.05. The van der Waals surface area contributed by atoms with Crippen molar-refractivity contribution in [3.8, 4) is 0 Å². The van der Waals surface area contributed by atoms with Gasteiger partial charge in [-0.3, -0.25) is 0 Å². The van der Waals surface area contributed by atoms with Gasteiger partial charge in [-0.05, 0) is 43.8 Å². The first kappa shape index (κ1) is 9.04. The van der Waals surface area contributed by atoms with Gasteiger partial charge in [-0.1, -0.05) is 17.3 Å². The molecule has 66 valence electrons. The lowest BCUT2D eigenvalue weighted by atomic mass is 10.1. The van der Waals surface area contributed by atoms with Crippen LogP contribution in [0.15, 0.2) is 29.0 Å². The summed E-state index contributed by atoms with van der Waals surface area (Å²) in [4.78, 5) is 0. The zero-order valence-electron chi connectivity index (χ0n) is 7.40. The molecule has 0 unspecified atom stereocenters. The first-order chi connectivity index (χ1) is 5.86. The van der Waals surface area contributed by atoms with Crippen molar-refractivity contribution in [2.45, 2.75) is 26.2 Å². The average Bonchev–Trinajstić information content (AvgIpc) is 2.84. The van der Waals surface area contributed by atoms with Gasteiger partial charge in [0.2, 0.25) is 0 Å². The lowest BCUT2D eigenvalue weighted by molar-refractivity contribution is 0.322. The Labute approximate surface area is 73.3 Å². The molecule has 1 saturated carbocycles. The lowest BCUT2D eigenvalue weighted by Gasteiger charge is -1.96. The van der Waals surface area contributed by atoms with Crippen LogP contribution in [0.25, 0.3) is 0 Å². The molecule has 0 spiro atoms. The van der Waals surface area contributed by atoms with Crippen LogP contribution in [0, 0.1) is 5.92 Å². The highest BCUT2D eigenvalue weighted by Crippen LogP contribution is 2.35. The number of hydrogen-bond donors (Lipinski definition) is 1. The average molecular weight is 165 g/mol. The molecule has 0 heterocycles. The van der Waals surface area contributed by atoms with E-state index in [9.17, 15) is 0 Å². The summed E-state index contributed by atoms with van der Waals surface area (Å²) in [5.41, 5.74) is 1.25. The van der Waals surface area contributed by atoms with E-state index in [0.717, 1.165) is 12.3 Å². The molecule has 12 heavy (non-hydrogen) atoms. The smallest absolute Gasteiger partial charge is 0.0664 e. The van der Waals surface area contributed by atoms with Crippen molar-refractivity contribution < 1.29 is 5.21 Å². The third-order valence-corrected chi connectivity index (χ3v) is 1.96. The summed E-state index contributed by atoms with van der Waals surface area (Å²) in [6.07, 6.45) is 11.2. The first-order valence-corrected chi connectivity index (χ1v) is 4.36. The van der Waals surface area contributed by atoms with E-state index in [1.54, 1.807) is 0 Å². The normalized spacial score (nSPS) is 19.6. The van der Waals surface area contributed by atoms with E-state index < -0.39 is 0 Å². The molecule has 0 aromatic carbocycles. The minimum absolute atomic E-state index is 0.875. The van der Waals surface area contributed by atoms with Crippen molar-refractivity contribution in [2.75, 3.05) is 0 Å². The second-order valence-corrected chi connectivity index (χ2v) is 3.15. The van der Waals surface area contributed by atoms with Crippen LogP contribution in [0.4, 0.5) is 0 Å². The van der Waals surface area contributed by atoms with E-state index in [2.05, 4.69) is 11.2 Å². The third-order valence-electron chi connectivity index (χ3n) is 1.96. The number of oxime groups is 1. The largest absolute Gasteiger partial charge is 0.411 e. The second-order valence-electron chi connectivity index (χ2n) is 3.15. The molecule has 0 bridgehead atoms. The zero-order chi connectivity index (χ0) is 8.81. The predicted octanol–water partition coefficient (Wildman–Crippen LogP) is 2.75. The van der Waals surface area contributed by atoms with Crippen LogP contribution in [0.3, 0.4) is 0 Å². The monoisotopic (exact) mass is 165 g/mol. The van der Waals surface area contributed by atoms with E-state index in [1.807, 2.05) is 19.1 Å². The fourth-order valence-corrected chi connectivity index (χ4v) is 1.19. The van der Waals surface area contributed by atoms with E-state index in [4.69, 9.17) is 5.21 Å². The summed E-state index contributed by atoms with van der Waals surface area (Å²) in [5.74, 6) is 0.875. The molecule has 2 nitrogen and oxygen atoms in total. The van der Waals surface area contributed by atoms with E-state index >= 15 is 0 Å². The molecule has 0 aromatic rings. The summed E-state index contributed by atoms with van der Waals surface area (Å²) in [7, 11) is 0. The molecule has 1 rings (SSSR count). The molecular weight excluding hydrogens is 150 g/mol. The molecule has 1 N–H and O–H groups in total. The van der Waals surface area contributed by atoms with E-state index in [1.165, 1.54) is 24.6 Å². The van der Waals surface area contributed by atoms with Crippen molar-refractivity contribution in [3.63, 3.8) is 0 Å². The molecular formula is C10H15NO. The summed E-state index contributed by atoms with van der Waals surface area (Å²) < 4.78 is 0. The second kappa shape index (κ2) is 4.75. The van der Waals surface area contributed by atoms with Crippen LogP contribution in [0.1, 0.15) is 26.2 Å². The maximum Gasteiger partial charge on any atom is 0.0664 e. The molecule has 0 radical (unpaired) electrons. The molecule has 2 heteroatoms. The first-order valence-electron chi connectivity index (χ1n) is 4.36. The Bertz CT molecular complexity index is 212. The highest BCUT2D eigenvalue weighted by Gasteiger charge is 2.21. The van der Waals surface area contributed by atoms with E-state index in [-0.39, 0.29) is 0 Å². The van der Waals surface area contributed by atoms with Crippen LogP contribution >= 0.6 is 0 Å². The number of rotatable bonds is 4. The zero-order valence-corrected chi connectivity index (χ0v) is 7.40. The summed E-state index contributed by atoms with van der Waals surface area (Å²) in [5, 5.41) is 11.2. The van der Waals surface area contributed by atoms with Crippen LogP contribution in [-0.4, -0.2) is 11.4 Å². The number of nitrogens with zero attached hydrogens (tertiary/aromatic N) is 1. The molecule has 0 aliphatic heterocycles. The summed E-state index contributed by atoms with van der Waals surface area (Å²) in [6, 6.07) is 0. The van der Waals surface area contributed by atoms with Gasteiger partial charge >= 0.3 is 0 Å². The maximum atomic E-state index is 8.23. The SMILES string of the molecule is C\C=C/C(=C\C=N\O)CC1CC1. The Balaban J connectivity index is 2.45. The van der Waals surface area contributed by atoms with Gasteiger partial charge in [-0.25, -0.2) is 0 Å². The molecule has 0 amide bonds. The molecule has 0 aromatic heterocycles. The fourth-order valence-electron chi connectivity index (χ4n) is 1.19. The van der Waals surface area contributed by atoms with Gasteiger partial charge in [0.25, 0.3) is 0 Å². The molecule has 0 atom stereocenters. The van der Waals surface area contributed by atoms with Gasteiger partial charge < -0.3 is 5.21 Å². The summed E-state index contributed by atoms with van der Waals surface area (Å²) in [6.45, 7) is 2.00. The van der Waals surface area contributed by atoms with E-state index in [0.29, 0.717) is 0 Å². The molecule has 1 aliphatic rings. The van der Waals surface area contributed by atoms with Gasteiger partial charge in [-0.15, -0.1) is 0 Å². The van der Waals surface area contributed by atoms with Crippen molar-refractivity contribution in [1.82, 2.24) is 0 Å². The van der Waals surface area contributed by atoms with Crippen LogP contribution in [0.5, 0.6) is 0 Å². The lowest BCUT2D eigenvalue weighted by Crippen LogP contribution is -1.82. The Morgan fingerprint density at radius 1 is 1.58 bits per heavy atom. The number of hydrogen-bond acceptors (Lipinski definition) is 2. The minimum Gasteiger partial charge on any atom is -0.411 e. The quantitative estimate of drug-likeness (QED) is 0.295. The van der Waals surface area contributed by atoms with Crippen molar-refractivity contribution >= 4 is 6.21 Å². The minimum atomic E-state index is 0.875. The Morgan fingerprint density at radius 2 is 2.33 bits per heavy atom. The fraction of sp³-hybridized carbons (Fsp3) is 0.500. The third kappa shape index (κ3) is 3.37. The van der Waals surface area contributed by atoms with Gasteiger partial charge in [-0.2, -0.15) is 0 Å². The highest BCUT2D eigenvalue weighted by atomic mass is 16.4. The van der Waals surface area contributed by atoms with Crippen LogP contribution < -0.4 is 0 Å². The molecule has 1 fully saturated rings. The summed E-state index contributed by atoms with van der Waals surface area (Å²) >= 11 is 0. The molecule has 0 saturated heterocycles. The Morgan fingerprint density at radius 3 is 2.83 bits per heavy atom. The predicted molar refractivity (Wildman–Crippen MR) is 50.5 cm³/mol. The van der Waals surface area contributed by atoms with Gasteiger partial charge in [0.1, 0.15) is 0 Å². The van der Waals surface area contributed by atoms with Crippen molar-refractivity contribution in [1.29, 1.82) is 0 Å². The highest BCUT2D eigenvalue weighted by molar-refractivity contribution is 5.72. The van der Waals surface area contributed by atoms with Crippen LogP contribution in [-0.2, 0) is 0 Å². The topological polar surface area (TPSA) is 32.6 Å². The van der Waals surface area contributed by atoms with Gasteiger partial charge in [0.05, 0.1) is 6.21 Å². The van der Waals surface area contributed by atoms with Crippen LogP contribution in [0.2, 0.25) is 0 Å². The Kier molecular flexibility index (Phi) is 3.58. The molecule has 1 aliphatic carbocycles. The maximum absolute atomic E-state index is 8.23. The van der Waals surface area contributed by atoms with Crippen molar-refractivity contribution in [3.05, 3.63) is 23.8 Å². The van der Waals surface area contributed by atoms with Crippen molar-refractivity contribution in [2.24, 2.45) is 11.1 Å². The standard InChI is InChI=1S/C10H15NO/c1-2-3-9(6-7-11-12)8-10-4-5-10/h2-3,6-7,10,12H,4-5,8H2,1H3/b3-2-,9-6+,11-7+. The number of allylic oxidation sites excluding steroid dienone is 4. The van der Waals surface area contributed by atoms with Gasteiger partial charge in [0.15, 0.2) is 0 Å².